The monoisotopic (exact) mass is 1850 g/mol. The standard InChI is InChI=1S/C33H33ClN2O6.C25H28N2O5.C25H28N2O4.C24H26N2O4/c1-18-24-13-11-22(6-5-15-33(3)30(42-33)29(24)41-32(18)39)35-28(37)17-25-19(2)36(27-14-12-23(40-4)16-26(25)27)31(38)20-7-9-21(34)10-8-20;1-14-18-8-6-15(5-4-10-25(2)22(32-25)21(18)31-24(14)29)13-26-23(28)20-12-16-11-17(30-3)7-9-19(16)27-20;1-15-18-10-9-16(6-5-11-25(2)23(31-25)22(18)30-24(15)29)13-27-21(28)12-17-14-26-20-8-4-3-7-19(17)20;1-14-17-10-9-15(6-5-11-24(2)21(30-24)20(17)29-23(14)28)13-25-22(27)19-12-16-7-3-4-8-18(16)26-19/h6-10,12,14,16,24,29-30H,1,5,11,13,15,17H2,2-4H3,(H,35,37);5,7,9,11-12,18,21-22,27H,1,4,6,8,10,13H2,2-3H3,(H,26,28);3-4,6-8,14,18,22-23,26H,1,5,9-13H2,2H3,(H,27,28);3-4,6-8,12,17,20-21,26H,1,5,9-11,13H2,2H3,(H,25,27)/b22-6+;15-5+;16-6+;15-6+/t24-,29-,30?,33+;18-,21-,22-,25+;18-,22-,23-,25+;17-,20-,21-,24+/m0000/s1. The summed E-state index contributed by atoms with van der Waals surface area (Å²) in [5, 5.41) is 16.6. The molecule has 0 spiro atoms. The van der Waals surface area contributed by atoms with E-state index in [2.05, 4.69) is 102 Å². The number of carbonyl (C=O) groups is 9. The fourth-order valence-electron chi connectivity index (χ4n) is 21.1. The first-order chi connectivity index (χ1) is 64.9. The summed E-state index contributed by atoms with van der Waals surface area (Å²) in [6.45, 7) is 27.4. The number of halogens is 1. The van der Waals surface area contributed by atoms with Gasteiger partial charge in [-0.1, -0.05) is 115 Å². The molecule has 12 heterocycles. The summed E-state index contributed by atoms with van der Waals surface area (Å²) >= 11 is 6.04. The molecule has 4 amide bonds. The highest BCUT2D eigenvalue weighted by molar-refractivity contribution is 6.30. The minimum atomic E-state index is -0.368. The van der Waals surface area contributed by atoms with E-state index in [1.54, 1.807) is 49.1 Å². The molecular weight excluding hydrogens is 1740 g/mol. The van der Waals surface area contributed by atoms with Gasteiger partial charge in [-0.2, -0.15) is 0 Å². The van der Waals surface area contributed by atoms with Crippen molar-refractivity contribution < 1.29 is 90.5 Å². The number of aromatic amines is 3. The van der Waals surface area contributed by atoms with Gasteiger partial charge >= 0.3 is 23.9 Å². The number of allylic oxidation sites excluding steroid dienone is 5. The molecule has 7 N–H and O–H groups in total. The number of methoxy groups -OCH3 is 2. The first-order valence-corrected chi connectivity index (χ1v) is 47.2. The lowest BCUT2D eigenvalue weighted by molar-refractivity contribution is -0.140. The molecule has 8 aliphatic heterocycles. The number of nitrogens with zero attached hydrogens (tertiary/aromatic N) is 1. The van der Waals surface area contributed by atoms with Crippen LogP contribution < -0.4 is 30.7 Å². The maximum Gasteiger partial charge on any atom is 0.334 e. The number of amides is 4. The predicted molar refractivity (Wildman–Crippen MR) is 508 cm³/mol. The Balaban J connectivity index is 0.000000121. The highest BCUT2D eigenvalue weighted by Gasteiger charge is 2.65. The van der Waals surface area contributed by atoms with Gasteiger partial charge in [0.05, 0.1) is 55.0 Å². The van der Waals surface area contributed by atoms with E-state index in [4.69, 9.17) is 59.0 Å². The molecule has 28 heteroatoms. The Morgan fingerprint density at radius 2 is 0.904 bits per heavy atom. The number of rotatable bonds is 16. The number of hydrogen-bond donors (Lipinski definition) is 7. The maximum atomic E-state index is 13.6. The summed E-state index contributed by atoms with van der Waals surface area (Å²) in [5.74, 6) is -0.845. The van der Waals surface area contributed by atoms with E-state index in [0.717, 1.165) is 162 Å². The summed E-state index contributed by atoms with van der Waals surface area (Å²) < 4.78 is 58.6. The zero-order chi connectivity index (χ0) is 94.7. The van der Waals surface area contributed by atoms with Gasteiger partial charge in [0.1, 0.15) is 71.7 Å². The van der Waals surface area contributed by atoms with Crippen LogP contribution in [0.1, 0.15) is 179 Å². The van der Waals surface area contributed by atoms with Crippen molar-refractivity contribution in [1.82, 2.24) is 40.8 Å². The Labute approximate surface area is 787 Å². The van der Waals surface area contributed by atoms with Gasteiger partial charge in [-0.3, -0.25) is 28.5 Å². The molecule has 1 unspecified atom stereocenters. The molecule has 135 heavy (non-hydrogen) atoms. The van der Waals surface area contributed by atoms with Crippen LogP contribution in [0.15, 0.2) is 223 Å². The molecule has 4 aromatic heterocycles. The molecule has 8 saturated heterocycles. The fourth-order valence-corrected chi connectivity index (χ4v) is 21.2. The number of nitrogens with one attached hydrogen (secondary N) is 7. The molecule has 704 valence electrons. The van der Waals surface area contributed by atoms with E-state index in [1.807, 2.05) is 117 Å². The summed E-state index contributed by atoms with van der Waals surface area (Å²) in [6, 6.07) is 37.4. The molecular formula is C107H115ClN8O19. The average Bonchev–Trinajstić information content (AvgIpc) is 1.58. The minimum Gasteiger partial charge on any atom is -0.497 e. The van der Waals surface area contributed by atoms with E-state index < -0.39 is 0 Å². The quantitative estimate of drug-likeness (QED) is 0.0155. The van der Waals surface area contributed by atoms with Gasteiger partial charge in [0.15, 0.2) is 0 Å². The first kappa shape index (κ1) is 92.8. The fraction of sp³-hybridized carbons (Fsp3) is 0.411. The highest BCUT2D eigenvalue weighted by Crippen LogP contribution is 2.55. The van der Waals surface area contributed by atoms with Gasteiger partial charge in [-0.25, -0.2) is 19.2 Å². The molecule has 9 aromatic rings. The molecule has 0 bridgehead atoms. The second-order valence-corrected chi connectivity index (χ2v) is 38.9. The SMILES string of the molecule is C=C1C(=O)O[C@@H]2C3O[C@]3(C)CC/C=C(/NC(=O)Cc3c(C)n(C(=O)c4ccc(Cl)cc4)c4ccc(OC)cc34)CC[C@@H]12.C=C1C(=O)O[C@H]2[C@H]1CC/C(CNC(=O)Cc1c[nH]c3ccccc13)=C\CC[C@@]1(C)O[C@@H]21.C=C1C(=O)O[C@H]2[C@H]1CC/C(CNC(=O)c1cc3cc(OC)ccc3[nH]1)=C\CC[C@@]1(C)O[C@@H]21.C=C1C(=O)O[C@H]2[C@H]1CC/C(CNC(=O)c1cc3ccccc3[nH]1)=C\CC[C@@]1(C)O[C@@H]21. The van der Waals surface area contributed by atoms with Crippen LogP contribution in [-0.4, -0.2) is 178 Å². The molecule has 0 radical (unpaired) electrons. The van der Waals surface area contributed by atoms with Crippen LogP contribution in [-0.2, 0) is 79.5 Å². The Kier molecular flexibility index (Phi) is 26.0. The van der Waals surface area contributed by atoms with Crippen LogP contribution in [0.3, 0.4) is 0 Å². The summed E-state index contributed by atoms with van der Waals surface area (Å²) in [5.41, 5.74) is 12.8. The van der Waals surface area contributed by atoms with Gasteiger partial charge in [-0.15, -0.1) is 0 Å². The average molecular weight is 1850 g/mol. The van der Waals surface area contributed by atoms with Crippen LogP contribution in [0, 0.1) is 30.6 Å². The van der Waals surface area contributed by atoms with Gasteiger partial charge in [0.25, 0.3) is 17.7 Å². The van der Waals surface area contributed by atoms with Crippen LogP contribution in [0.5, 0.6) is 11.5 Å². The first-order valence-electron chi connectivity index (χ1n) is 46.8. The molecule has 12 aliphatic rings. The van der Waals surface area contributed by atoms with Crippen molar-refractivity contribution in [3.05, 3.63) is 262 Å². The van der Waals surface area contributed by atoms with Crippen molar-refractivity contribution in [2.24, 2.45) is 23.7 Å². The molecule has 21 rings (SSSR count). The highest BCUT2D eigenvalue weighted by atomic mass is 35.5. The Morgan fingerprint density at radius 3 is 1.39 bits per heavy atom. The lowest BCUT2D eigenvalue weighted by Gasteiger charge is -2.20. The van der Waals surface area contributed by atoms with Gasteiger partial charge in [-0.05, 0) is 233 Å². The number of aromatic nitrogens is 4. The van der Waals surface area contributed by atoms with Crippen molar-refractivity contribution in [3.8, 4) is 11.5 Å². The van der Waals surface area contributed by atoms with E-state index in [0.29, 0.717) is 100 Å². The summed E-state index contributed by atoms with van der Waals surface area (Å²) in [7, 11) is 3.20. The Hall–Kier alpha value is -12.7. The third-order valence-electron chi connectivity index (χ3n) is 29.5. The van der Waals surface area contributed by atoms with E-state index >= 15 is 0 Å². The van der Waals surface area contributed by atoms with Crippen LogP contribution in [0.4, 0.5) is 0 Å². The third kappa shape index (κ3) is 19.5. The van der Waals surface area contributed by atoms with Crippen molar-refractivity contribution >= 4 is 109 Å². The minimum absolute atomic E-state index is 0.00182. The molecule has 5 aromatic carbocycles. The van der Waals surface area contributed by atoms with Crippen LogP contribution in [0.25, 0.3) is 43.6 Å². The number of ether oxygens (including phenoxy) is 10. The summed E-state index contributed by atoms with van der Waals surface area (Å²) in [6.07, 6.45) is 22.2. The number of fused-ring (bicyclic) bond motifs is 16. The Morgan fingerprint density at radius 1 is 0.474 bits per heavy atom. The van der Waals surface area contributed by atoms with E-state index in [-0.39, 0.29) is 155 Å². The largest absolute Gasteiger partial charge is 0.497 e. The normalized spacial score (nSPS) is 30.2. The second-order valence-electron chi connectivity index (χ2n) is 38.4. The number of esters is 4. The van der Waals surface area contributed by atoms with Gasteiger partial charge in [0, 0.05) is 132 Å². The lowest BCUT2D eigenvalue weighted by atomic mass is 9.84. The predicted octanol–water partition coefficient (Wildman–Crippen LogP) is 16.6. The molecule has 8 fully saturated rings. The number of hydrogen-bond acceptors (Lipinski definition) is 19. The van der Waals surface area contributed by atoms with Crippen molar-refractivity contribution in [3.63, 3.8) is 0 Å². The lowest BCUT2D eigenvalue weighted by Crippen LogP contribution is -2.30. The van der Waals surface area contributed by atoms with Crippen molar-refractivity contribution in [1.29, 1.82) is 0 Å². The van der Waals surface area contributed by atoms with Crippen LogP contribution >= 0.6 is 11.6 Å². The van der Waals surface area contributed by atoms with Crippen LogP contribution in [0.2, 0.25) is 5.02 Å². The number of carbonyl (C=O) groups excluding carboxylic acids is 9. The number of epoxide rings is 4. The third-order valence-corrected chi connectivity index (χ3v) is 29.7. The molecule has 4 aliphatic carbocycles. The smallest absolute Gasteiger partial charge is 0.334 e. The topological polar surface area (TPSA) is 360 Å². The van der Waals surface area contributed by atoms with E-state index in [9.17, 15) is 43.2 Å². The zero-order valence-corrected chi connectivity index (χ0v) is 77.9. The maximum absolute atomic E-state index is 13.6. The number of para-hydroxylation sites is 2. The van der Waals surface area contributed by atoms with Gasteiger partial charge < -0.3 is 83.6 Å². The van der Waals surface area contributed by atoms with E-state index in [1.165, 1.54) is 5.57 Å². The van der Waals surface area contributed by atoms with Crippen molar-refractivity contribution in [2.75, 3.05) is 33.9 Å². The molecule has 27 nitrogen and oxygen atoms in total. The number of H-pyrrole nitrogens is 3. The Bertz CT molecular complexity index is 6430. The molecule has 16 atom stereocenters. The van der Waals surface area contributed by atoms with Crippen molar-refractivity contribution in [2.45, 2.75) is 221 Å². The summed E-state index contributed by atoms with van der Waals surface area (Å²) in [4.78, 5) is 123. The second kappa shape index (κ2) is 37.9. The molecule has 0 saturated carbocycles. The zero-order valence-electron chi connectivity index (χ0n) is 77.1. The number of benzene rings is 5. The van der Waals surface area contributed by atoms with Gasteiger partial charge in [0.2, 0.25) is 11.8 Å².